The van der Waals surface area contributed by atoms with Gasteiger partial charge in [-0.05, 0) is 29.3 Å². The molecule has 0 aliphatic carbocycles. The lowest BCUT2D eigenvalue weighted by Gasteiger charge is -2.06. The van der Waals surface area contributed by atoms with Crippen molar-refractivity contribution >= 4 is 11.4 Å². The van der Waals surface area contributed by atoms with E-state index in [2.05, 4.69) is 6.07 Å². The van der Waals surface area contributed by atoms with Gasteiger partial charge >= 0.3 is 0 Å². The minimum atomic E-state index is 0.533. The quantitative estimate of drug-likeness (QED) is 0.708. The first-order valence-electron chi connectivity index (χ1n) is 4.87. The number of anilines is 2. The van der Waals surface area contributed by atoms with Crippen molar-refractivity contribution in [2.45, 2.75) is 0 Å². The van der Waals surface area contributed by atoms with Crippen LogP contribution in [0.1, 0.15) is 5.56 Å². The minimum Gasteiger partial charge on any atom is -0.397 e. The first-order chi connectivity index (χ1) is 7.72. The summed E-state index contributed by atoms with van der Waals surface area (Å²) in [6.07, 6.45) is 0. The van der Waals surface area contributed by atoms with E-state index in [0.717, 1.165) is 11.1 Å². The van der Waals surface area contributed by atoms with Crippen molar-refractivity contribution < 1.29 is 0 Å². The lowest BCUT2D eigenvalue weighted by atomic mass is 10.00. The largest absolute Gasteiger partial charge is 0.397 e. The Morgan fingerprint density at radius 3 is 2.38 bits per heavy atom. The van der Waals surface area contributed by atoms with E-state index in [1.54, 1.807) is 18.2 Å². The Bertz CT molecular complexity index is 568. The molecule has 0 spiro atoms. The smallest absolute Gasteiger partial charge is 0.0998 e. The second-order valence-corrected chi connectivity index (χ2v) is 3.50. The molecule has 0 saturated heterocycles. The van der Waals surface area contributed by atoms with Gasteiger partial charge in [0, 0.05) is 0 Å². The first-order valence-corrected chi connectivity index (χ1v) is 4.87. The van der Waals surface area contributed by atoms with Crippen LogP contribution >= 0.6 is 0 Å². The zero-order valence-corrected chi connectivity index (χ0v) is 8.64. The summed E-state index contributed by atoms with van der Waals surface area (Å²) in [4.78, 5) is 0. The SMILES string of the molecule is N#Cc1ccccc1-c1ccc(N)c(N)c1. The maximum absolute atomic E-state index is 9.00. The van der Waals surface area contributed by atoms with Gasteiger partial charge in [0.2, 0.25) is 0 Å². The van der Waals surface area contributed by atoms with Gasteiger partial charge in [0.05, 0.1) is 23.0 Å². The normalized spacial score (nSPS) is 9.69. The third-order valence-corrected chi connectivity index (χ3v) is 2.45. The number of hydrogen-bond acceptors (Lipinski definition) is 3. The van der Waals surface area contributed by atoms with E-state index in [4.69, 9.17) is 16.7 Å². The van der Waals surface area contributed by atoms with E-state index in [1.807, 2.05) is 24.3 Å². The molecule has 0 bridgehead atoms. The van der Waals surface area contributed by atoms with E-state index in [0.29, 0.717) is 16.9 Å². The summed E-state index contributed by atoms with van der Waals surface area (Å²) in [5.74, 6) is 0. The zero-order chi connectivity index (χ0) is 11.5. The van der Waals surface area contributed by atoms with Crippen molar-refractivity contribution in [1.82, 2.24) is 0 Å². The summed E-state index contributed by atoms with van der Waals surface area (Å²) < 4.78 is 0. The zero-order valence-electron chi connectivity index (χ0n) is 8.64. The highest BCUT2D eigenvalue weighted by molar-refractivity contribution is 5.77. The second kappa shape index (κ2) is 3.95. The average Bonchev–Trinajstić information content (AvgIpc) is 2.32. The maximum atomic E-state index is 9.00. The van der Waals surface area contributed by atoms with Crippen LogP contribution in [0.25, 0.3) is 11.1 Å². The fourth-order valence-corrected chi connectivity index (χ4v) is 1.57. The number of hydrogen-bond donors (Lipinski definition) is 2. The van der Waals surface area contributed by atoms with Crippen LogP contribution in [0.15, 0.2) is 42.5 Å². The number of nitrogen functional groups attached to an aromatic ring is 2. The van der Waals surface area contributed by atoms with Crippen LogP contribution in [-0.2, 0) is 0 Å². The summed E-state index contributed by atoms with van der Waals surface area (Å²) in [7, 11) is 0. The molecule has 0 unspecified atom stereocenters. The first kappa shape index (κ1) is 10.1. The molecular weight excluding hydrogens is 198 g/mol. The van der Waals surface area contributed by atoms with Crippen LogP contribution < -0.4 is 11.5 Å². The summed E-state index contributed by atoms with van der Waals surface area (Å²) in [5, 5.41) is 9.00. The molecule has 0 aliphatic heterocycles. The van der Waals surface area contributed by atoms with Gasteiger partial charge in [-0.3, -0.25) is 0 Å². The lowest BCUT2D eigenvalue weighted by molar-refractivity contribution is 1.48. The molecular formula is C13H11N3. The molecule has 16 heavy (non-hydrogen) atoms. The van der Waals surface area contributed by atoms with Gasteiger partial charge in [0.25, 0.3) is 0 Å². The minimum absolute atomic E-state index is 0.533. The molecule has 2 aromatic carbocycles. The van der Waals surface area contributed by atoms with Gasteiger partial charge < -0.3 is 11.5 Å². The van der Waals surface area contributed by atoms with Gasteiger partial charge in [0.1, 0.15) is 0 Å². The number of nitrogens with two attached hydrogens (primary N) is 2. The molecule has 0 fully saturated rings. The van der Waals surface area contributed by atoms with Gasteiger partial charge in [-0.15, -0.1) is 0 Å². The Morgan fingerprint density at radius 1 is 0.938 bits per heavy atom. The van der Waals surface area contributed by atoms with E-state index < -0.39 is 0 Å². The third-order valence-electron chi connectivity index (χ3n) is 2.45. The van der Waals surface area contributed by atoms with Crippen LogP contribution in [0.2, 0.25) is 0 Å². The van der Waals surface area contributed by atoms with Crippen molar-refractivity contribution in [2.24, 2.45) is 0 Å². The van der Waals surface area contributed by atoms with Crippen LogP contribution in [0.3, 0.4) is 0 Å². The highest BCUT2D eigenvalue weighted by atomic mass is 14.7. The molecule has 2 aromatic rings. The Morgan fingerprint density at radius 2 is 1.69 bits per heavy atom. The van der Waals surface area contributed by atoms with Gasteiger partial charge in [-0.2, -0.15) is 5.26 Å². The molecule has 0 heterocycles. The van der Waals surface area contributed by atoms with Crippen molar-refractivity contribution in [1.29, 1.82) is 5.26 Å². The summed E-state index contributed by atoms with van der Waals surface area (Å²) in [5.41, 5.74) is 14.9. The summed E-state index contributed by atoms with van der Waals surface area (Å²) >= 11 is 0. The molecule has 4 N–H and O–H groups in total. The fraction of sp³-hybridized carbons (Fsp3) is 0. The van der Waals surface area contributed by atoms with Crippen molar-refractivity contribution in [3.8, 4) is 17.2 Å². The standard InChI is InChI=1S/C13H11N3/c14-8-10-3-1-2-4-11(10)9-5-6-12(15)13(16)7-9/h1-7H,15-16H2. The van der Waals surface area contributed by atoms with E-state index in [9.17, 15) is 0 Å². The summed E-state index contributed by atoms with van der Waals surface area (Å²) in [6.45, 7) is 0. The molecule has 0 atom stereocenters. The fourth-order valence-electron chi connectivity index (χ4n) is 1.57. The van der Waals surface area contributed by atoms with Crippen LogP contribution in [0.4, 0.5) is 11.4 Å². The highest BCUT2D eigenvalue weighted by Gasteiger charge is 2.05. The molecule has 78 valence electrons. The molecule has 0 amide bonds. The second-order valence-electron chi connectivity index (χ2n) is 3.50. The maximum Gasteiger partial charge on any atom is 0.0998 e. The predicted octanol–water partition coefficient (Wildman–Crippen LogP) is 2.39. The van der Waals surface area contributed by atoms with Gasteiger partial charge in [0.15, 0.2) is 0 Å². The van der Waals surface area contributed by atoms with Crippen molar-refractivity contribution in [3.63, 3.8) is 0 Å². The van der Waals surface area contributed by atoms with Crippen LogP contribution in [-0.4, -0.2) is 0 Å². The number of rotatable bonds is 1. The Balaban J connectivity index is 2.60. The van der Waals surface area contributed by atoms with Crippen molar-refractivity contribution in [2.75, 3.05) is 11.5 Å². The Kier molecular flexibility index (Phi) is 2.49. The highest BCUT2D eigenvalue weighted by Crippen LogP contribution is 2.27. The van der Waals surface area contributed by atoms with Crippen LogP contribution in [0, 0.1) is 11.3 Å². The van der Waals surface area contributed by atoms with E-state index >= 15 is 0 Å². The molecule has 2 rings (SSSR count). The average molecular weight is 209 g/mol. The summed E-state index contributed by atoms with van der Waals surface area (Å²) in [6, 6.07) is 15.0. The molecule has 3 heteroatoms. The predicted molar refractivity (Wildman–Crippen MR) is 65.4 cm³/mol. The number of benzene rings is 2. The number of nitriles is 1. The molecule has 0 aromatic heterocycles. The van der Waals surface area contributed by atoms with Crippen molar-refractivity contribution in [3.05, 3.63) is 48.0 Å². The molecule has 3 nitrogen and oxygen atoms in total. The Labute approximate surface area is 93.9 Å². The lowest BCUT2D eigenvalue weighted by Crippen LogP contribution is -1.94. The monoisotopic (exact) mass is 209 g/mol. The topological polar surface area (TPSA) is 75.8 Å². The molecule has 0 radical (unpaired) electrons. The van der Waals surface area contributed by atoms with E-state index in [1.165, 1.54) is 0 Å². The molecule has 0 saturated carbocycles. The van der Waals surface area contributed by atoms with Gasteiger partial charge in [-0.1, -0.05) is 24.3 Å². The number of nitrogens with zero attached hydrogens (tertiary/aromatic N) is 1. The molecule has 0 aliphatic rings. The third kappa shape index (κ3) is 1.69. The van der Waals surface area contributed by atoms with Crippen LogP contribution in [0.5, 0.6) is 0 Å². The van der Waals surface area contributed by atoms with Gasteiger partial charge in [-0.25, -0.2) is 0 Å². The Hall–Kier alpha value is -2.47. The van der Waals surface area contributed by atoms with E-state index in [-0.39, 0.29) is 0 Å².